The third-order valence-corrected chi connectivity index (χ3v) is 15.6. The van der Waals surface area contributed by atoms with Gasteiger partial charge in [0.15, 0.2) is 0 Å². The topological polar surface area (TPSA) is 56.7 Å². The van der Waals surface area contributed by atoms with Crippen LogP contribution >= 0.6 is 0 Å². The van der Waals surface area contributed by atoms with Crippen LogP contribution in [0.25, 0.3) is 94.8 Å². The van der Waals surface area contributed by atoms with Crippen molar-refractivity contribution in [2.75, 3.05) is 0 Å². The first-order valence-electron chi connectivity index (χ1n) is 21.0. The molecule has 0 saturated heterocycles. The van der Waals surface area contributed by atoms with Crippen LogP contribution in [0.3, 0.4) is 0 Å². The number of pyridine rings is 2. The summed E-state index contributed by atoms with van der Waals surface area (Å²) in [6.45, 7) is 0. The molecule has 65 heavy (non-hydrogen) atoms. The maximum atomic E-state index is 16.0. The van der Waals surface area contributed by atoms with Gasteiger partial charge in [0, 0.05) is 42.3 Å². The summed E-state index contributed by atoms with van der Waals surface area (Å²) in [5, 5.41) is 1.68. The molecule has 0 aliphatic carbocycles. The van der Waals surface area contributed by atoms with Crippen LogP contribution in [0, 0.1) is 23.8 Å². The molecule has 0 bridgehead atoms. The van der Waals surface area contributed by atoms with E-state index in [2.05, 4.69) is 81.8 Å². The quantitative estimate of drug-likeness (QED) is 0.118. The van der Waals surface area contributed by atoms with Gasteiger partial charge in [-0.05, 0) is 65.2 Å². The predicted octanol–water partition coefficient (Wildman–Crippen LogP) is 14.2. The van der Waals surface area contributed by atoms with Gasteiger partial charge < -0.3 is 8.98 Å². The van der Waals surface area contributed by atoms with E-state index in [1.807, 2.05) is 108 Å². The van der Waals surface area contributed by atoms with E-state index >= 15 is 4.39 Å². The van der Waals surface area contributed by atoms with Gasteiger partial charge in [-0.25, -0.2) is 8.78 Å². The van der Waals surface area contributed by atoms with Crippen molar-refractivity contribution in [1.29, 1.82) is 0 Å². The minimum absolute atomic E-state index is 0. The van der Waals surface area contributed by atoms with Gasteiger partial charge in [0.05, 0.1) is 34.3 Å². The molecule has 0 aliphatic rings. The molecule has 0 aliphatic heterocycles. The summed E-state index contributed by atoms with van der Waals surface area (Å²) < 4.78 is 39.4. The van der Waals surface area contributed by atoms with Crippen molar-refractivity contribution in [3.8, 4) is 61.8 Å². The molecule has 0 saturated carbocycles. The maximum Gasteiger partial charge on any atom is 0 e. The van der Waals surface area contributed by atoms with E-state index in [4.69, 9.17) is 9.40 Å². The zero-order valence-corrected chi connectivity index (χ0v) is 40.2. The molecule has 9 heteroatoms. The first-order valence-corrected chi connectivity index (χ1v) is 28.4. The van der Waals surface area contributed by atoms with Gasteiger partial charge in [-0.2, -0.15) is 0 Å². The second-order valence-corrected chi connectivity index (χ2v) is 27.2. The average Bonchev–Trinajstić information content (AvgIpc) is 3.92. The summed E-state index contributed by atoms with van der Waals surface area (Å²) in [4.78, 5) is 14.2. The van der Waals surface area contributed by atoms with Gasteiger partial charge in [0.2, 0.25) is 0 Å². The maximum absolute atomic E-state index is 16.0. The fourth-order valence-electron chi connectivity index (χ4n) is 8.02. The van der Waals surface area contributed by atoms with Gasteiger partial charge in [-0.3, -0.25) is 9.97 Å². The molecular weight excluding hydrogens is 1050 g/mol. The van der Waals surface area contributed by atoms with E-state index < -0.39 is 13.3 Å². The number of furan rings is 1. The molecule has 319 valence electrons. The summed E-state index contributed by atoms with van der Waals surface area (Å²) in [6, 6.07) is 62.2. The molecule has 0 N–H and O–H groups in total. The van der Waals surface area contributed by atoms with Gasteiger partial charge in [0.1, 0.15) is 17.2 Å². The standard InChI is InChI=1S/C42H24F2N3O.C14H16GeN.Ir/c43-30-20-17-28(18-21-30)37-24-34-32-13-7-14-33(41(32)48-39(34)25-45-37)42-46-36-16-8-15-35(44)40(36)47(42)38-23-29(26-9-3-1-4-10-26)19-22-31(38)27-11-5-2-6-12-27;1-15(2,3)13-9-10-14(16-11-13)12-7-5-4-6-8-12;/h1-13,15-25H;4-7,9-11H,1-3H3;/q2*-1;. The van der Waals surface area contributed by atoms with Crippen LogP contribution in [-0.2, 0) is 20.1 Å². The van der Waals surface area contributed by atoms with Crippen LogP contribution in [0.15, 0.2) is 193 Å². The largest absolute Gasteiger partial charge is 0 e. The van der Waals surface area contributed by atoms with E-state index in [1.165, 1.54) is 22.6 Å². The normalized spacial score (nSPS) is 11.3. The minimum Gasteiger partial charge on any atom is 0 e. The van der Waals surface area contributed by atoms with E-state index in [0.29, 0.717) is 39.3 Å². The third kappa shape index (κ3) is 8.73. The number of nitrogens with zero attached hydrogens (tertiary/aromatic N) is 4. The average molecular weight is 1090 g/mol. The van der Waals surface area contributed by atoms with Crippen molar-refractivity contribution in [3.05, 3.63) is 212 Å². The number of benzene rings is 7. The summed E-state index contributed by atoms with van der Waals surface area (Å²) in [5.74, 6) is 6.94. The van der Waals surface area contributed by atoms with Crippen LogP contribution in [0.1, 0.15) is 0 Å². The molecule has 0 unspecified atom stereocenters. The van der Waals surface area contributed by atoms with Gasteiger partial charge in [0.25, 0.3) is 0 Å². The molecule has 1 radical (unpaired) electrons. The van der Waals surface area contributed by atoms with Crippen LogP contribution in [-0.4, -0.2) is 32.8 Å². The monoisotopic (exact) mass is 1090 g/mol. The van der Waals surface area contributed by atoms with Crippen molar-refractivity contribution in [3.63, 3.8) is 0 Å². The first-order chi connectivity index (χ1) is 31.2. The Balaban J connectivity index is 0.000000266. The molecule has 11 aromatic rings. The second kappa shape index (κ2) is 18.3. The van der Waals surface area contributed by atoms with Crippen LogP contribution in [0.4, 0.5) is 8.78 Å². The fraction of sp³-hybridized carbons (Fsp3) is 0.0536. The predicted molar refractivity (Wildman–Crippen MR) is 258 cm³/mol. The molecular formula is C56H40F2GeIrN4O-2. The molecule has 0 spiro atoms. The second-order valence-electron chi connectivity index (χ2n) is 16.6. The van der Waals surface area contributed by atoms with Crippen LogP contribution in [0.5, 0.6) is 0 Å². The van der Waals surface area contributed by atoms with Crippen molar-refractivity contribution in [2.45, 2.75) is 17.3 Å². The Morgan fingerprint density at radius 2 is 1.31 bits per heavy atom. The molecule has 0 fully saturated rings. The first kappa shape index (κ1) is 43.4. The van der Waals surface area contributed by atoms with Gasteiger partial charge in [-0.15, -0.1) is 18.2 Å². The smallest absolute Gasteiger partial charge is 0 e. The zero-order valence-electron chi connectivity index (χ0n) is 35.7. The van der Waals surface area contributed by atoms with Crippen molar-refractivity contribution in [1.82, 2.24) is 19.5 Å². The van der Waals surface area contributed by atoms with E-state index in [9.17, 15) is 4.39 Å². The fourth-order valence-corrected chi connectivity index (χ4v) is 10.2. The Bertz CT molecular complexity index is 3430. The third-order valence-electron chi connectivity index (χ3n) is 11.4. The Morgan fingerprint density at radius 3 is 2.02 bits per heavy atom. The van der Waals surface area contributed by atoms with Gasteiger partial charge in [-0.1, -0.05) is 89.8 Å². The number of halogens is 2. The summed E-state index contributed by atoms with van der Waals surface area (Å²) >= 11 is -1.72. The van der Waals surface area contributed by atoms with E-state index in [1.54, 1.807) is 24.4 Å². The van der Waals surface area contributed by atoms with Gasteiger partial charge >= 0.3 is 99.8 Å². The van der Waals surface area contributed by atoms with E-state index in [-0.39, 0.29) is 31.7 Å². The van der Waals surface area contributed by atoms with Crippen molar-refractivity contribution < 1.29 is 33.3 Å². The number of aromatic nitrogens is 4. The van der Waals surface area contributed by atoms with E-state index in [0.717, 1.165) is 55.5 Å². The molecule has 0 amide bonds. The molecule has 11 rings (SSSR count). The Kier molecular flexibility index (Phi) is 12.2. The molecule has 4 heterocycles. The summed E-state index contributed by atoms with van der Waals surface area (Å²) in [7, 11) is 0. The molecule has 7 aromatic carbocycles. The number of hydrogen-bond acceptors (Lipinski definition) is 4. The van der Waals surface area contributed by atoms with Crippen molar-refractivity contribution >= 4 is 50.6 Å². The molecule has 5 nitrogen and oxygen atoms in total. The molecule has 4 aromatic heterocycles. The number of para-hydroxylation sites is 1. The minimum atomic E-state index is -1.72. The van der Waals surface area contributed by atoms with Crippen molar-refractivity contribution in [2.24, 2.45) is 0 Å². The SMILES string of the molecule is Fc1ccc(-c2cc3c(cn2)oc2c(-c4nc5cccc(F)c5n4-c4cc(-c5ccccc5)ccc4-c4ccccc4)[c-]ccc23)cc1.[CH3][Ge]([CH3])([CH3])[c]1ccc(-c2[c-]cccc2)nc1.[Ir]. The Hall–Kier alpha value is -6.84. The van der Waals surface area contributed by atoms with Crippen LogP contribution in [0.2, 0.25) is 17.3 Å². The number of hydrogen-bond donors (Lipinski definition) is 0. The molecule has 0 atom stereocenters. The summed E-state index contributed by atoms with van der Waals surface area (Å²) in [6.07, 6.45) is 3.72. The Labute approximate surface area is 392 Å². The Morgan fingerprint density at radius 1 is 0.585 bits per heavy atom. The summed E-state index contributed by atoms with van der Waals surface area (Å²) in [5.41, 5.74) is 10.9. The number of rotatable bonds is 7. The number of fused-ring (bicyclic) bond motifs is 4. The zero-order chi connectivity index (χ0) is 43.8. The number of imidazole rings is 1. The van der Waals surface area contributed by atoms with Crippen LogP contribution < -0.4 is 4.40 Å².